The number of nitrogens with one attached hydrogen (secondary N) is 2. The molecule has 244 valence electrons. The summed E-state index contributed by atoms with van der Waals surface area (Å²) in [6.07, 6.45) is 12.7. The summed E-state index contributed by atoms with van der Waals surface area (Å²) < 4.78 is 11.3. The van der Waals surface area contributed by atoms with Gasteiger partial charge < -0.3 is 25.0 Å². The first-order chi connectivity index (χ1) is 21.8. The molecule has 8 heteroatoms. The molecule has 8 nitrogen and oxygen atoms in total. The van der Waals surface area contributed by atoms with E-state index >= 15 is 0 Å². The number of allylic oxidation sites excluding steroid dienone is 6. The molecule has 4 aliphatic rings. The number of Topliss-reactive ketones (excluding diaryl/α,β-unsaturated/α-hetero) is 1. The van der Waals surface area contributed by atoms with Gasteiger partial charge in [0.1, 0.15) is 0 Å². The molecule has 3 aliphatic heterocycles. The van der Waals surface area contributed by atoms with Crippen LogP contribution in [0.25, 0.3) is 5.57 Å². The van der Waals surface area contributed by atoms with Gasteiger partial charge >= 0.3 is 0 Å². The van der Waals surface area contributed by atoms with E-state index in [1.165, 1.54) is 11.1 Å². The minimum absolute atomic E-state index is 0.0179. The first kappa shape index (κ1) is 33.2. The fourth-order valence-corrected chi connectivity index (χ4v) is 6.85. The molecule has 45 heavy (non-hydrogen) atoms. The summed E-state index contributed by atoms with van der Waals surface area (Å²) >= 11 is 0. The smallest absolute Gasteiger partial charge is 0.251 e. The Hall–Kier alpha value is -3.20. The standard InChI is InChI=1S/C37H52N4O4/c1-5-6-13-41(32-11-16-44-17-12-32)35-22-31(30-9-7-29(8-10-30)25-40-14-18-45-19-15-40)21-33(28(35)4)37(43)39-23-34-26(2)20-27(3)38-24-36(34)42/h7,9,20-22,32,38H,5-6,8,10-19,23-25H2,1-4H3,(H,39,43). The molecule has 0 bridgehead atoms. The topological polar surface area (TPSA) is 83.1 Å². The predicted molar refractivity (Wildman–Crippen MR) is 182 cm³/mol. The van der Waals surface area contributed by atoms with Crippen LogP contribution in [0.2, 0.25) is 0 Å². The van der Waals surface area contributed by atoms with Crippen LogP contribution < -0.4 is 15.5 Å². The Morgan fingerprint density at radius 2 is 1.80 bits per heavy atom. The van der Waals surface area contributed by atoms with Crippen LogP contribution in [0.1, 0.15) is 80.8 Å². The lowest BCUT2D eigenvalue weighted by molar-refractivity contribution is -0.114. The minimum Gasteiger partial charge on any atom is -0.381 e. The van der Waals surface area contributed by atoms with Crippen molar-refractivity contribution in [3.8, 4) is 0 Å². The molecule has 3 heterocycles. The van der Waals surface area contributed by atoms with Gasteiger partial charge in [-0.25, -0.2) is 0 Å². The summed E-state index contributed by atoms with van der Waals surface area (Å²) in [6, 6.07) is 4.78. The molecular weight excluding hydrogens is 564 g/mol. The van der Waals surface area contributed by atoms with E-state index in [0.717, 1.165) is 119 Å². The highest BCUT2D eigenvalue weighted by molar-refractivity contribution is 6.02. The number of benzene rings is 1. The average molecular weight is 617 g/mol. The molecule has 1 aromatic carbocycles. The molecule has 2 saturated heterocycles. The number of unbranched alkanes of at least 4 members (excludes halogenated alkanes) is 1. The minimum atomic E-state index is -0.135. The van der Waals surface area contributed by atoms with Gasteiger partial charge in [0.2, 0.25) is 0 Å². The maximum Gasteiger partial charge on any atom is 0.251 e. The van der Waals surface area contributed by atoms with E-state index in [2.05, 4.69) is 58.6 Å². The van der Waals surface area contributed by atoms with Gasteiger partial charge in [-0.2, -0.15) is 0 Å². The molecule has 0 radical (unpaired) electrons. The number of carbonyl (C=O) groups excluding carboxylic acids is 2. The van der Waals surface area contributed by atoms with E-state index in [-0.39, 0.29) is 24.8 Å². The van der Waals surface area contributed by atoms with Gasteiger partial charge in [0, 0.05) is 74.5 Å². The summed E-state index contributed by atoms with van der Waals surface area (Å²) in [6.45, 7) is 15.8. The average Bonchev–Trinajstić information content (AvgIpc) is 3.18. The second kappa shape index (κ2) is 15.9. The summed E-state index contributed by atoms with van der Waals surface area (Å²) in [5.41, 5.74) is 9.16. The molecule has 2 N–H and O–H groups in total. The molecule has 0 spiro atoms. The van der Waals surface area contributed by atoms with Crippen molar-refractivity contribution in [3.05, 3.63) is 69.5 Å². The number of anilines is 1. The zero-order valence-electron chi connectivity index (χ0n) is 27.8. The zero-order chi connectivity index (χ0) is 31.8. The molecular formula is C37H52N4O4. The number of morpholine rings is 1. The number of hydrogen-bond donors (Lipinski definition) is 2. The largest absolute Gasteiger partial charge is 0.381 e. The lowest BCUT2D eigenvalue weighted by Crippen LogP contribution is -2.41. The van der Waals surface area contributed by atoms with Crippen LogP contribution in [0.15, 0.2) is 52.8 Å². The van der Waals surface area contributed by atoms with Gasteiger partial charge in [-0.05, 0) is 93.4 Å². The third kappa shape index (κ3) is 8.54. The van der Waals surface area contributed by atoms with Crippen molar-refractivity contribution in [1.82, 2.24) is 15.5 Å². The monoisotopic (exact) mass is 616 g/mol. The lowest BCUT2D eigenvalue weighted by Gasteiger charge is -2.38. The fourth-order valence-electron chi connectivity index (χ4n) is 6.85. The number of hydrogen-bond acceptors (Lipinski definition) is 7. The number of nitrogens with zero attached hydrogens (tertiary/aromatic N) is 2. The molecule has 0 saturated carbocycles. The summed E-state index contributed by atoms with van der Waals surface area (Å²) in [5, 5.41) is 6.27. The van der Waals surface area contributed by atoms with Crippen molar-refractivity contribution in [2.45, 2.75) is 72.3 Å². The number of amides is 1. The molecule has 1 aliphatic carbocycles. The first-order valence-electron chi connectivity index (χ1n) is 17.0. The Balaban J connectivity index is 1.47. The van der Waals surface area contributed by atoms with Crippen LogP contribution in [0.4, 0.5) is 5.69 Å². The van der Waals surface area contributed by atoms with Crippen LogP contribution in [-0.2, 0) is 14.3 Å². The van der Waals surface area contributed by atoms with E-state index in [0.29, 0.717) is 17.2 Å². The molecule has 5 rings (SSSR count). The summed E-state index contributed by atoms with van der Waals surface area (Å²) in [5.74, 6) is -0.117. The Morgan fingerprint density at radius 1 is 1.04 bits per heavy atom. The van der Waals surface area contributed by atoms with Crippen LogP contribution in [0.5, 0.6) is 0 Å². The van der Waals surface area contributed by atoms with Gasteiger partial charge in [0.25, 0.3) is 5.91 Å². The predicted octanol–water partition coefficient (Wildman–Crippen LogP) is 5.34. The Kier molecular flexibility index (Phi) is 11.7. The second-order valence-electron chi connectivity index (χ2n) is 12.9. The first-order valence-corrected chi connectivity index (χ1v) is 17.0. The summed E-state index contributed by atoms with van der Waals surface area (Å²) in [7, 11) is 0. The van der Waals surface area contributed by atoms with E-state index < -0.39 is 0 Å². The van der Waals surface area contributed by atoms with Crippen LogP contribution in [0, 0.1) is 6.92 Å². The Morgan fingerprint density at radius 3 is 2.51 bits per heavy atom. The third-order valence-electron chi connectivity index (χ3n) is 9.65. The van der Waals surface area contributed by atoms with Crippen LogP contribution in [0.3, 0.4) is 0 Å². The highest BCUT2D eigenvalue weighted by Crippen LogP contribution is 2.35. The molecule has 0 unspecified atom stereocenters. The highest BCUT2D eigenvalue weighted by atomic mass is 16.5. The van der Waals surface area contributed by atoms with Crippen molar-refractivity contribution in [1.29, 1.82) is 0 Å². The fraction of sp³-hybridized carbons (Fsp3) is 0.568. The third-order valence-corrected chi connectivity index (χ3v) is 9.65. The lowest BCUT2D eigenvalue weighted by atomic mass is 9.89. The van der Waals surface area contributed by atoms with Gasteiger partial charge in [-0.15, -0.1) is 0 Å². The highest BCUT2D eigenvalue weighted by Gasteiger charge is 2.27. The number of ether oxygens (including phenoxy) is 2. The molecule has 2 fully saturated rings. The van der Waals surface area contributed by atoms with Gasteiger partial charge in [-0.3, -0.25) is 14.5 Å². The number of carbonyl (C=O) groups is 2. The molecule has 1 amide bonds. The number of ketones is 1. The number of rotatable bonds is 11. The van der Waals surface area contributed by atoms with E-state index in [4.69, 9.17) is 9.47 Å². The molecule has 0 atom stereocenters. The van der Waals surface area contributed by atoms with Crippen molar-refractivity contribution < 1.29 is 19.1 Å². The van der Waals surface area contributed by atoms with Gasteiger partial charge in [0.15, 0.2) is 5.78 Å². The van der Waals surface area contributed by atoms with Crippen molar-refractivity contribution in [2.75, 3.05) is 70.6 Å². The van der Waals surface area contributed by atoms with Gasteiger partial charge in [0.05, 0.1) is 19.8 Å². The maximum atomic E-state index is 14.0. The summed E-state index contributed by atoms with van der Waals surface area (Å²) in [4.78, 5) is 31.9. The zero-order valence-corrected chi connectivity index (χ0v) is 27.8. The van der Waals surface area contributed by atoms with Crippen LogP contribution in [-0.4, -0.2) is 88.3 Å². The van der Waals surface area contributed by atoms with Gasteiger partial charge in [-0.1, -0.05) is 31.1 Å². The Labute approximate surface area is 269 Å². The normalized spacial score (nSPS) is 20.2. The van der Waals surface area contributed by atoms with E-state index in [1.807, 2.05) is 19.9 Å². The SMILES string of the molecule is CCCCN(c1cc(C2=CC=C(CN3CCOCC3)CC2)cc(C(=O)NCC2=C(C)C=C(C)NCC2=O)c1C)C1CCOCC1. The molecule has 0 aromatic heterocycles. The Bertz CT molecular complexity index is 1360. The van der Waals surface area contributed by atoms with E-state index in [1.54, 1.807) is 0 Å². The van der Waals surface area contributed by atoms with E-state index in [9.17, 15) is 9.59 Å². The quantitative estimate of drug-likeness (QED) is 0.348. The molecule has 1 aromatic rings. The van der Waals surface area contributed by atoms with Crippen molar-refractivity contribution in [2.24, 2.45) is 0 Å². The second-order valence-corrected chi connectivity index (χ2v) is 12.9. The van der Waals surface area contributed by atoms with Crippen molar-refractivity contribution >= 4 is 23.0 Å². The van der Waals surface area contributed by atoms with Crippen LogP contribution >= 0.6 is 0 Å². The van der Waals surface area contributed by atoms with Crippen molar-refractivity contribution in [3.63, 3.8) is 0 Å². The maximum absolute atomic E-state index is 14.0.